The molecule has 1 aliphatic heterocycles. The van der Waals surface area contributed by atoms with Gasteiger partial charge in [-0.1, -0.05) is 11.6 Å². The van der Waals surface area contributed by atoms with E-state index < -0.39 is 0 Å². The number of nitrogens with two attached hydrogens (primary N) is 1. The highest BCUT2D eigenvalue weighted by atomic mass is 35.5. The molecule has 4 nitrogen and oxygen atoms in total. The lowest BCUT2D eigenvalue weighted by Crippen LogP contribution is -2.29. The fourth-order valence-corrected chi connectivity index (χ4v) is 4.39. The van der Waals surface area contributed by atoms with Crippen molar-refractivity contribution in [1.29, 1.82) is 5.26 Å². The van der Waals surface area contributed by atoms with Crippen molar-refractivity contribution in [3.05, 3.63) is 51.5 Å². The average Bonchev–Trinajstić information content (AvgIpc) is 2.88. The van der Waals surface area contributed by atoms with Gasteiger partial charge in [-0.05, 0) is 36.2 Å². The number of hydrogen-bond acceptors (Lipinski definition) is 5. The molecular formula is C17H13ClN4S. The standard InChI is InChI=1S/C17H13ClN4S/c18-10-1-2-14-12(7-10)15(3-5-21-14)22-6-4-11-13(8-19)17(20)23-16(11)9-22/h1-3,5,7H,4,6,9,20H2. The Morgan fingerprint density at radius 3 is 3.04 bits per heavy atom. The van der Waals surface area contributed by atoms with E-state index in [0.29, 0.717) is 15.6 Å². The van der Waals surface area contributed by atoms with E-state index in [1.165, 1.54) is 16.2 Å². The lowest BCUT2D eigenvalue weighted by Gasteiger charge is -2.29. The van der Waals surface area contributed by atoms with Gasteiger partial charge >= 0.3 is 0 Å². The van der Waals surface area contributed by atoms with Crippen LogP contribution in [-0.2, 0) is 13.0 Å². The Labute approximate surface area is 142 Å². The molecule has 0 atom stereocenters. The molecular weight excluding hydrogens is 328 g/mol. The molecule has 3 aromatic rings. The van der Waals surface area contributed by atoms with Crippen LogP contribution in [0.2, 0.25) is 5.02 Å². The van der Waals surface area contributed by atoms with E-state index in [0.717, 1.165) is 41.7 Å². The number of halogens is 1. The molecule has 1 aromatic carbocycles. The van der Waals surface area contributed by atoms with E-state index in [-0.39, 0.29) is 0 Å². The van der Waals surface area contributed by atoms with Crippen LogP contribution in [0.3, 0.4) is 0 Å². The number of nitrogen functional groups attached to an aromatic ring is 1. The van der Waals surface area contributed by atoms with Crippen LogP contribution in [0, 0.1) is 11.3 Å². The molecule has 0 amide bonds. The first-order chi connectivity index (χ1) is 11.2. The smallest absolute Gasteiger partial charge is 0.104 e. The molecule has 0 radical (unpaired) electrons. The molecule has 1 aliphatic rings. The maximum absolute atomic E-state index is 9.26. The monoisotopic (exact) mass is 340 g/mol. The van der Waals surface area contributed by atoms with E-state index in [1.807, 2.05) is 30.5 Å². The van der Waals surface area contributed by atoms with Gasteiger partial charge in [0.15, 0.2) is 0 Å². The van der Waals surface area contributed by atoms with E-state index in [2.05, 4.69) is 16.0 Å². The van der Waals surface area contributed by atoms with Gasteiger partial charge in [-0.15, -0.1) is 11.3 Å². The van der Waals surface area contributed by atoms with E-state index in [4.69, 9.17) is 17.3 Å². The van der Waals surface area contributed by atoms with E-state index >= 15 is 0 Å². The maximum Gasteiger partial charge on any atom is 0.104 e. The molecule has 0 saturated carbocycles. The Kier molecular flexibility index (Phi) is 3.37. The summed E-state index contributed by atoms with van der Waals surface area (Å²) in [5.74, 6) is 0. The minimum atomic E-state index is 0.627. The molecule has 0 unspecified atom stereocenters. The number of anilines is 2. The van der Waals surface area contributed by atoms with Crippen LogP contribution < -0.4 is 10.6 Å². The largest absolute Gasteiger partial charge is 0.389 e. The van der Waals surface area contributed by atoms with Crippen LogP contribution in [0.1, 0.15) is 16.0 Å². The summed E-state index contributed by atoms with van der Waals surface area (Å²) in [6, 6.07) is 10.0. The highest BCUT2D eigenvalue weighted by Gasteiger charge is 2.24. The topological polar surface area (TPSA) is 65.9 Å². The van der Waals surface area contributed by atoms with Gasteiger partial charge in [0.1, 0.15) is 11.1 Å². The molecule has 0 saturated heterocycles. The van der Waals surface area contributed by atoms with Gasteiger partial charge < -0.3 is 10.6 Å². The second-order valence-corrected chi connectivity index (χ2v) is 7.09. The van der Waals surface area contributed by atoms with Gasteiger partial charge in [0, 0.05) is 33.7 Å². The number of pyridine rings is 1. The van der Waals surface area contributed by atoms with Gasteiger partial charge in [0.2, 0.25) is 0 Å². The van der Waals surface area contributed by atoms with Crippen molar-refractivity contribution < 1.29 is 0 Å². The number of thiophene rings is 1. The van der Waals surface area contributed by atoms with Crippen LogP contribution >= 0.6 is 22.9 Å². The molecule has 2 N–H and O–H groups in total. The molecule has 3 heterocycles. The summed E-state index contributed by atoms with van der Waals surface area (Å²) in [5.41, 5.74) is 9.80. The summed E-state index contributed by atoms with van der Waals surface area (Å²) < 4.78 is 0. The zero-order valence-corrected chi connectivity index (χ0v) is 13.8. The molecule has 2 aromatic heterocycles. The second-order valence-electron chi connectivity index (χ2n) is 5.52. The summed E-state index contributed by atoms with van der Waals surface area (Å²) in [4.78, 5) is 7.89. The number of fused-ring (bicyclic) bond motifs is 2. The van der Waals surface area contributed by atoms with Crippen LogP contribution in [0.15, 0.2) is 30.5 Å². The predicted molar refractivity (Wildman–Crippen MR) is 95.0 cm³/mol. The van der Waals surface area contributed by atoms with Crippen LogP contribution in [0.25, 0.3) is 10.9 Å². The molecule has 4 rings (SSSR count). The fraction of sp³-hybridized carbons (Fsp3) is 0.176. The number of hydrogen-bond donors (Lipinski definition) is 1. The third kappa shape index (κ3) is 2.31. The summed E-state index contributed by atoms with van der Waals surface area (Å²) in [6.45, 7) is 1.61. The van der Waals surface area contributed by atoms with Crippen molar-refractivity contribution in [3.63, 3.8) is 0 Å². The van der Waals surface area contributed by atoms with Gasteiger partial charge in [0.25, 0.3) is 0 Å². The highest BCUT2D eigenvalue weighted by Crippen LogP contribution is 2.37. The van der Waals surface area contributed by atoms with Crippen LogP contribution in [0.4, 0.5) is 10.7 Å². The third-order valence-electron chi connectivity index (χ3n) is 4.22. The second kappa shape index (κ2) is 5.41. The number of nitrogens with zero attached hydrogens (tertiary/aromatic N) is 3. The predicted octanol–water partition coefficient (Wildman–Crippen LogP) is 3.97. The van der Waals surface area contributed by atoms with Crippen molar-refractivity contribution in [2.45, 2.75) is 13.0 Å². The quantitative estimate of drug-likeness (QED) is 0.728. The SMILES string of the molecule is N#Cc1c(N)sc2c1CCN(c1ccnc3ccc(Cl)cc13)C2. The zero-order valence-electron chi connectivity index (χ0n) is 12.2. The fourth-order valence-electron chi connectivity index (χ4n) is 3.13. The first kappa shape index (κ1) is 14.3. The van der Waals surface area contributed by atoms with Crippen molar-refractivity contribution in [1.82, 2.24) is 4.98 Å². The summed E-state index contributed by atoms with van der Waals surface area (Å²) in [5, 5.41) is 11.6. The minimum absolute atomic E-state index is 0.627. The van der Waals surface area contributed by atoms with E-state index in [1.54, 1.807) is 0 Å². The number of nitriles is 1. The van der Waals surface area contributed by atoms with Crippen molar-refractivity contribution in [3.8, 4) is 6.07 Å². The highest BCUT2D eigenvalue weighted by molar-refractivity contribution is 7.16. The van der Waals surface area contributed by atoms with Crippen molar-refractivity contribution in [2.75, 3.05) is 17.2 Å². The Balaban J connectivity index is 1.78. The molecule has 0 bridgehead atoms. The first-order valence-electron chi connectivity index (χ1n) is 7.26. The molecule has 6 heteroatoms. The summed E-state index contributed by atoms with van der Waals surface area (Å²) in [7, 11) is 0. The molecule has 114 valence electrons. The lowest BCUT2D eigenvalue weighted by atomic mass is 10.0. The number of rotatable bonds is 1. The average molecular weight is 341 g/mol. The zero-order chi connectivity index (χ0) is 16.0. The van der Waals surface area contributed by atoms with Crippen LogP contribution in [0.5, 0.6) is 0 Å². The maximum atomic E-state index is 9.26. The van der Waals surface area contributed by atoms with Gasteiger partial charge in [-0.25, -0.2) is 0 Å². The number of aromatic nitrogens is 1. The summed E-state index contributed by atoms with van der Waals surface area (Å²) in [6.07, 6.45) is 2.65. The molecule has 0 aliphatic carbocycles. The Hall–Kier alpha value is -2.29. The van der Waals surface area contributed by atoms with Crippen LogP contribution in [-0.4, -0.2) is 11.5 Å². The lowest BCUT2D eigenvalue weighted by molar-refractivity contribution is 0.746. The van der Waals surface area contributed by atoms with Gasteiger partial charge in [-0.3, -0.25) is 4.98 Å². The van der Waals surface area contributed by atoms with E-state index in [9.17, 15) is 5.26 Å². The Bertz CT molecular complexity index is 957. The molecule has 0 spiro atoms. The van der Waals surface area contributed by atoms with Crippen molar-refractivity contribution >= 4 is 44.5 Å². The Morgan fingerprint density at radius 1 is 1.35 bits per heavy atom. The Morgan fingerprint density at radius 2 is 2.22 bits per heavy atom. The third-order valence-corrected chi connectivity index (χ3v) is 5.50. The molecule has 0 fully saturated rings. The van der Waals surface area contributed by atoms with Crippen molar-refractivity contribution in [2.24, 2.45) is 0 Å². The van der Waals surface area contributed by atoms with Gasteiger partial charge in [0.05, 0.1) is 17.6 Å². The van der Waals surface area contributed by atoms with Gasteiger partial charge in [-0.2, -0.15) is 5.26 Å². The molecule has 23 heavy (non-hydrogen) atoms. The number of benzene rings is 1. The minimum Gasteiger partial charge on any atom is -0.389 e. The summed E-state index contributed by atoms with van der Waals surface area (Å²) >= 11 is 7.68. The normalized spacial score (nSPS) is 13.8. The first-order valence-corrected chi connectivity index (χ1v) is 8.46.